The van der Waals surface area contributed by atoms with Gasteiger partial charge in [-0.25, -0.2) is 13.9 Å². The van der Waals surface area contributed by atoms with Crippen molar-refractivity contribution in [3.8, 4) is 5.69 Å². The highest BCUT2D eigenvalue weighted by atomic mass is 35.5. The fourth-order valence-corrected chi connectivity index (χ4v) is 3.18. The molecule has 1 N–H and O–H groups in total. The lowest BCUT2D eigenvalue weighted by Crippen LogP contribution is -2.21. The number of esters is 1. The van der Waals surface area contributed by atoms with E-state index in [1.54, 1.807) is 13.0 Å². The molecule has 3 aromatic rings. The van der Waals surface area contributed by atoms with Crippen LogP contribution in [-0.4, -0.2) is 28.3 Å². The summed E-state index contributed by atoms with van der Waals surface area (Å²) in [7, 11) is 0. The summed E-state index contributed by atoms with van der Waals surface area (Å²) in [5, 5.41) is 6.93. The van der Waals surface area contributed by atoms with E-state index in [1.807, 2.05) is 26.0 Å². The molecule has 6 nitrogen and oxygen atoms in total. The summed E-state index contributed by atoms with van der Waals surface area (Å²) in [6.07, 6.45) is 0. The van der Waals surface area contributed by atoms with Gasteiger partial charge in [-0.2, -0.15) is 5.10 Å². The average Bonchev–Trinajstić information content (AvgIpc) is 2.97. The number of benzene rings is 2. The molecule has 150 valence electrons. The summed E-state index contributed by atoms with van der Waals surface area (Å²) in [6, 6.07) is 11.1. The molecule has 0 spiro atoms. The Morgan fingerprint density at radius 1 is 1.14 bits per heavy atom. The van der Waals surface area contributed by atoms with Crippen LogP contribution in [0.4, 0.5) is 10.1 Å². The highest BCUT2D eigenvalue weighted by Crippen LogP contribution is 2.24. The summed E-state index contributed by atoms with van der Waals surface area (Å²) in [4.78, 5) is 24.6. The molecule has 1 aromatic heterocycles. The van der Waals surface area contributed by atoms with E-state index < -0.39 is 24.3 Å². The van der Waals surface area contributed by atoms with Crippen LogP contribution in [0.15, 0.2) is 42.5 Å². The maximum absolute atomic E-state index is 13.1. The van der Waals surface area contributed by atoms with Gasteiger partial charge in [0.05, 0.1) is 11.4 Å². The van der Waals surface area contributed by atoms with Crippen LogP contribution in [0.1, 0.15) is 27.2 Å². The molecular formula is C21H19ClFN3O3. The lowest BCUT2D eigenvalue weighted by molar-refractivity contribution is -0.119. The second kappa shape index (κ2) is 8.45. The van der Waals surface area contributed by atoms with Crippen LogP contribution >= 0.6 is 11.6 Å². The quantitative estimate of drug-likeness (QED) is 0.627. The minimum Gasteiger partial charge on any atom is -0.452 e. The van der Waals surface area contributed by atoms with E-state index in [1.165, 1.54) is 28.9 Å². The number of hydrogen-bond donors (Lipinski definition) is 1. The van der Waals surface area contributed by atoms with Gasteiger partial charge >= 0.3 is 5.97 Å². The summed E-state index contributed by atoms with van der Waals surface area (Å²) >= 11 is 6.28. The van der Waals surface area contributed by atoms with Gasteiger partial charge in [0.25, 0.3) is 5.91 Å². The fraction of sp³-hybridized carbons (Fsp3) is 0.190. The normalized spacial score (nSPS) is 10.7. The molecule has 0 saturated heterocycles. The van der Waals surface area contributed by atoms with Crippen LogP contribution in [-0.2, 0) is 9.53 Å². The van der Waals surface area contributed by atoms with Crippen molar-refractivity contribution >= 4 is 29.2 Å². The molecule has 0 saturated carbocycles. The highest BCUT2D eigenvalue weighted by Gasteiger charge is 2.23. The van der Waals surface area contributed by atoms with Gasteiger partial charge in [0, 0.05) is 5.69 Å². The standard InChI is InChI=1S/C21H19ClFN3O3/c1-12-4-9-17(13(2)10-12)24-18(27)11-29-21(28)19-14(3)25-26(20(19)22)16-7-5-15(23)6-8-16/h4-10H,11H2,1-3H3,(H,24,27). The van der Waals surface area contributed by atoms with Crippen molar-refractivity contribution in [3.05, 3.63) is 75.8 Å². The van der Waals surface area contributed by atoms with Crippen molar-refractivity contribution in [3.63, 3.8) is 0 Å². The predicted molar refractivity (Wildman–Crippen MR) is 108 cm³/mol. The molecule has 8 heteroatoms. The fourth-order valence-electron chi connectivity index (χ4n) is 2.83. The van der Waals surface area contributed by atoms with E-state index in [4.69, 9.17) is 16.3 Å². The first kappa shape index (κ1) is 20.5. The molecule has 0 fully saturated rings. The molecule has 0 aliphatic carbocycles. The first-order chi connectivity index (χ1) is 13.8. The van der Waals surface area contributed by atoms with Crippen LogP contribution in [0, 0.1) is 26.6 Å². The lowest BCUT2D eigenvalue weighted by Gasteiger charge is -2.09. The van der Waals surface area contributed by atoms with Gasteiger partial charge in [-0.3, -0.25) is 4.79 Å². The summed E-state index contributed by atoms with van der Waals surface area (Å²) in [5.74, 6) is -1.63. The largest absolute Gasteiger partial charge is 0.452 e. The van der Waals surface area contributed by atoms with Gasteiger partial charge in [0.1, 0.15) is 16.5 Å². The van der Waals surface area contributed by atoms with Gasteiger partial charge in [-0.1, -0.05) is 29.3 Å². The first-order valence-corrected chi connectivity index (χ1v) is 9.19. The molecule has 2 aromatic carbocycles. The van der Waals surface area contributed by atoms with E-state index in [0.29, 0.717) is 17.1 Å². The van der Waals surface area contributed by atoms with E-state index in [0.717, 1.165) is 11.1 Å². The molecule has 1 amide bonds. The van der Waals surface area contributed by atoms with Crippen molar-refractivity contribution in [1.29, 1.82) is 0 Å². The Morgan fingerprint density at radius 2 is 1.83 bits per heavy atom. The van der Waals surface area contributed by atoms with Gasteiger partial charge in [-0.05, 0) is 56.7 Å². The van der Waals surface area contributed by atoms with Crippen molar-refractivity contribution in [1.82, 2.24) is 9.78 Å². The topological polar surface area (TPSA) is 73.2 Å². The van der Waals surface area contributed by atoms with E-state index in [-0.39, 0.29) is 10.7 Å². The van der Waals surface area contributed by atoms with E-state index in [9.17, 15) is 14.0 Å². The second-order valence-corrected chi connectivity index (χ2v) is 6.94. The third kappa shape index (κ3) is 4.63. The molecule has 0 unspecified atom stereocenters. The van der Waals surface area contributed by atoms with Gasteiger partial charge in [0.15, 0.2) is 6.61 Å². The Kier molecular flexibility index (Phi) is 5.98. The van der Waals surface area contributed by atoms with Crippen LogP contribution in [0.2, 0.25) is 5.15 Å². The molecular weight excluding hydrogens is 397 g/mol. The smallest absolute Gasteiger partial charge is 0.343 e. The molecule has 0 aliphatic heterocycles. The second-order valence-electron chi connectivity index (χ2n) is 6.58. The maximum atomic E-state index is 13.1. The third-order valence-electron chi connectivity index (χ3n) is 4.27. The number of aromatic nitrogens is 2. The predicted octanol–water partition coefficient (Wildman–Crippen LogP) is 4.39. The number of aryl methyl sites for hydroxylation is 3. The van der Waals surface area contributed by atoms with Gasteiger partial charge < -0.3 is 10.1 Å². The number of rotatable bonds is 5. The summed E-state index contributed by atoms with van der Waals surface area (Å²) in [6.45, 7) is 4.96. The number of nitrogens with one attached hydrogen (secondary N) is 1. The minimum absolute atomic E-state index is 0.0221. The van der Waals surface area contributed by atoms with E-state index in [2.05, 4.69) is 10.4 Å². The number of nitrogens with zero attached hydrogens (tertiary/aromatic N) is 2. The Balaban J connectivity index is 1.69. The molecule has 3 rings (SSSR count). The zero-order valence-corrected chi connectivity index (χ0v) is 16.9. The zero-order chi connectivity index (χ0) is 21.1. The number of anilines is 1. The van der Waals surface area contributed by atoms with Crippen molar-refractivity contribution in [2.75, 3.05) is 11.9 Å². The van der Waals surface area contributed by atoms with Crippen molar-refractivity contribution in [2.45, 2.75) is 20.8 Å². The number of carbonyl (C=O) groups is 2. The average molecular weight is 416 g/mol. The Labute approximate surface area is 172 Å². The Hall–Kier alpha value is -3.19. The number of carbonyl (C=O) groups excluding carboxylic acids is 2. The number of amides is 1. The molecule has 0 bridgehead atoms. The highest BCUT2D eigenvalue weighted by molar-refractivity contribution is 6.33. The third-order valence-corrected chi connectivity index (χ3v) is 4.62. The van der Waals surface area contributed by atoms with Gasteiger partial charge in [-0.15, -0.1) is 0 Å². The maximum Gasteiger partial charge on any atom is 0.343 e. The number of halogens is 2. The minimum atomic E-state index is -0.767. The summed E-state index contributed by atoms with van der Waals surface area (Å²) in [5.41, 5.74) is 3.51. The van der Waals surface area contributed by atoms with Gasteiger partial charge in [0.2, 0.25) is 0 Å². The monoisotopic (exact) mass is 415 g/mol. The zero-order valence-electron chi connectivity index (χ0n) is 16.1. The van der Waals surface area contributed by atoms with Crippen LogP contribution in [0.3, 0.4) is 0 Å². The van der Waals surface area contributed by atoms with E-state index >= 15 is 0 Å². The van der Waals surface area contributed by atoms with Crippen molar-refractivity contribution in [2.24, 2.45) is 0 Å². The molecule has 1 heterocycles. The van der Waals surface area contributed by atoms with Crippen LogP contribution < -0.4 is 5.32 Å². The first-order valence-electron chi connectivity index (χ1n) is 8.81. The lowest BCUT2D eigenvalue weighted by atomic mass is 10.1. The Morgan fingerprint density at radius 3 is 2.48 bits per heavy atom. The van der Waals surface area contributed by atoms with Crippen LogP contribution in [0.5, 0.6) is 0 Å². The SMILES string of the molecule is Cc1ccc(NC(=O)COC(=O)c2c(C)nn(-c3ccc(F)cc3)c2Cl)c(C)c1. The number of hydrogen-bond acceptors (Lipinski definition) is 4. The Bertz CT molecular complexity index is 1080. The molecule has 0 atom stereocenters. The molecule has 29 heavy (non-hydrogen) atoms. The van der Waals surface area contributed by atoms with Crippen LogP contribution in [0.25, 0.3) is 5.69 Å². The number of ether oxygens (including phenoxy) is 1. The summed E-state index contributed by atoms with van der Waals surface area (Å²) < 4.78 is 19.5. The molecule has 0 radical (unpaired) electrons. The molecule has 0 aliphatic rings. The van der Waals surface area contributed by atoms with Crippen molar-refractivity contribution < 1.29 is 18.7 Å².